The van der Waals surface area contributed by atoms with E-state index in [1.165, 1.54) is 50.7 Å². The highest BCUT2D eigenvalue weighted by Crippen LogP contribution is 2.42. The van der Waals surface area contributed by atoms with Crippen LogP contribution in [-0.2, 0) is 6.42 Å². The summed E-state index contributed by atoms with van der Waals surface area (Å²) in [5.74, 6) is 1.65. The van der Waals surface area contributed by atoms with Gasteiger partial charge in [-0.3, -0.25) is 0 Å². The number of aryl methyl sites for hydroxylation is 1. The third kappa shape index (κ3) is 6.29. The third-order valence-electron chi connectivity index (χ3n) is 7.52. The molecule has 1 aromatic carbocycles. The Hall–Kier alpha value is -0.413. The molecule has 1 aliphatic carbocycles. The molecule has 1 aromatic rings. The number of unbranched alkanes of at least 4 members (excludes halogenated alkanes) is 1. The number of hydrogen-bond donors (Lipinski definition) is 0. The Kier molecular flexibility index (Phi) is 8.84. The molecule has 0 aromatic heterocycles. The maximum Gasteiger partial charge on any atom is 0.145 e. The van der Waals surface area contributed by atoms with Crippen LogP contribution in [0, 0.1) is 29.4 Å². The van der Waals surface area contributed by atoms with Crippen LogP contribution in [0.1, 0.15) is 76.7 Å². The van der Waals surface area contributed by atoms with Gasteiger partial charge < -0.3 is 0 Å². The summed E-state index contributed by atoms with van der Waals surface area (Å²) < 4.78 is 27.0. The van der Waals surface area contributed by atoms with Gasteiger partial charge in [0.1, 0.15) is 16.7 Å². The first kappa shape index (κ1) is 22.3. The van der Waals surface area contributed by atoms with E-state index in [2.05, 4.69) is 6.92 Å². The van der Waals surface area contributed by atoms with E-state index >= 15 is 0 Å². The average Bonchev–Trinajstić information content (AvgIpc) is 2.71. The summed E-state index contributed by atoms with van der Waals surface area (Å²) in [5, 5.41) is -0.387. The van der Waals surface area contributed by atoms with Gasteiger partial charge >= 0.3 is 0 Å². The zero-order valence-corrected chi connectivity index (χ0v) is 19.4. The van der Waals surface area contributed by atoms with Crippen LogP contribution >= 0.6 is 11.6 Å². The molecule has 1 heterocycles. The summed E-state index contributed by atoms with van der Waals surface area (Å²) in [4.78, 5) is 0. The number of rotatable bonds is 8. The molecule has 0 amide bonds. The van der Waals surface area contributed by atoms with E-state index in [1.54, 1.807) is 31.0 Å². The lowest BCUT2D eigenvalue weighted by atomic mass is 9.73. The van der Waals surface area contributed by atoms with E-state index in [-0.39, 0.29) is 13.8 Å². The first-order chi connectivity index (χ1) is 13.6. The Bertz CT molecular complexity index is 582. The van der Waals surface area contributed by atoms with Crippen LogP contribution in [0.4, 0.5) is 8.78 Å². The van der Waals surface area contributed by atoms with Crippen molar-refractivity contribution in [1.82, 2.24) is 0 Å². The van der Waals surface area contributed by atoms with E-state index in [0.29, 0.717) is 0 Å². The van der Waals surface area contributed by atoms with Crippen molar-refractivity contribution in [3.05, 3.63) is 34.4 Å². The lowest BCUT2D eigenvalue weighted by molar-refractivity contribution is 0.184. The first-order valence-corrected chi connectivity index (χ1v) is 14.5. The predicted molar refractivity (Wildman–Crippen MR) is 119 cm³/mol. The van der Waals surface area contributed by atoms with E-state index < -0.39 is 11.6 Å². The van der Waals surface area contributed by atoms with Crippen molar-refractivity contribution in [1.29, 1.82) is 0 Å². The molecule has 0 nitrogen and oxygen atoms in total. The Morgan fingerprint density at radius 2 is 1.54 bits per heavy atom. The van der Waals surface area contributed by atoms with Gasteiger partial charge in [-0.2, -0.15) is 0 Å². The van der Waals surface area contributed by atoms with Gasteiger partial charge in [-0.15, -0.1) is 0 Å². The fourth-order valence-electron chi connectivity index (χ4n) is 5.82. The van der Waals surface area contributed by atoms with Gasteiger partial charge in [0.25, 0.3) is 0 Å². The van der Waals surface area contributed by atoms with E-state index in [9.17, 15) is 8.78 Å². The summed E-state index contributed by atoms with van der Waals surface area (Å²) in [6.07, 6.45) is 14.4. The fraction of sp³-hybridized carbons (Fsp3) is 0.750. The Balaban J connectivity index is 1.31. The fourth-order valence-corrected chi connectivity index (χ4v) is 9.41. The second kappa shape index (κ2) is 11.1. The highest BCUT2D eigenvalue weighted by molar-refractivity contribution is 6.58. The number of hydrogen-bond acceptors (Lipinski definition) is 0. The standard InChI is InChI=1S/C24H37ClF2Si/c1-2-13-28-14-11-21(12-15-28)20-9-7-18(8-10-20)5-3-4-6-19-16-22(26)24(25)23(27)17-19/h16-18,20-21,28H,2-15H2,1H3/t18-,20-,21?,28?. The van der Waals surface area contributed by atoms with Gasteiger partial charge in [0.2, 0.25) is 0 Å². The topological polar surface area (TPSA) is 0 Å². The van der Waals surface area contributed by atoms with E-state index in [0.717, 1.165) is 42.6 Å². The Labute approximate surface area is 177 Å². The molecule has 0 spiro atoms. The van der Waals surface area contributed by atoms with Gasteiger partial charge in [-0.25, -0.2) is 8.78 Å². The number of halogens is 3. The van der Waals surface area contributed by atoms with Crippen LogP contribution in [0.2, 0.25) is 23.2 Å². The molecule has 2 aliphatic rings. The molecule has 0 atom stereocenters. The smallest absolute Gasteiger partial charge is 0.145 e. The van der Waals surface area contributed by atoms with Crippen LogP contribution in [0.3, 0.4) is 0 Å². The lowest BCUT2D eigenvalue weighted by Crippen LogP contribution is -2.28. The van der Waals surface area contributed by atoms with Crippen LogP contribution in [0.5, 0.6) is 0 Å². The molecule has 28 heavy (non-hydrogen) atoms. The molecule has 3 rings (SSSR count). The van der Waals surface area contributed by atoms with Crippen molar-refractivity contribution in [2.24, 2.45) is 17.8 Å². The largest absolute Gasteiger partial charge is 0.205 e. The summed E-state index contributed by atoms with van der Waals surface area (Å²) in [6, 6.07) is 7.58. The van der Waals surface area contributed by atoms with Gasteiger partial charge in [-0.05, 0) is 61.1 Å². The molecule has 0 N–H and O–H groups in total. The van der Waals surface area contributed by atoms with Crippen LogP contribution in [-0.4, -0.2) is 8.80 Å². The Morgan fingerprint density at radius 1 is 0.929 bits per heavy atom. The van der Waals surface area contributed by atoms with Gasteiger partial charge in [0.05, 0.1) is 0 Å². The maximum atomic E-state index is 13.5. The SMILES string of the molecule is CCC[SiH]1CCC([C@H]2CC[C@H](CCCCc3cc(F)c(Cl)c(F)c3)CC2)CC1. The van der Waals surface area contributed by atoms with E-state index in [1.807, 2.05) is 0 Å². The Morgan fingerprint density at radius 3 is 2.14 bits per heavy atom. The normalized spacial score (nSPS) is 28.4. The number of benzene rings is 1. The second-order valence-electron chi connectivity index (χ2n) is 9.47. The van der Waals surface area contributed by atoms with Crippen LogP contribution in [0.25, 0.3) is 0 Å². The molecular weight excluding hydrogens is 390 g/mol. The van der Waals surface area contributed by atoms with Crippen molar-refractivity contribution in [2.45, 2.75) is 95.7 Å². The zero-order chi connectivity index (χ0) is 19.9. The molecule has 1 aliphatic heterocycles. The molecule has 158 valence electrons. The minimum atomic E-state index is -0.638. The maximum absolute atomic E-state index is 13.5. The minimum absolute atomic E-state index is 0.340. The summed E-state index contributed by atoms with van der Waals surface area (Å²) in [6.45, 7) is 2.35. The molecule has 1 saturated heterocycles. The van der Waals surface area contributed by atoms with Crippen molar-refractivity contribution in [2.75, 3.05) is 0 Å². The predicted octanol–water partition coefficient (Wildman–Crippen LogP) is 8.18. The van der Waals surface area contributed by atoms with Gasteiger partial charge in [0, 0.05) is 8.80 Å². The third-order valence-corrected chi connectivity index (χ3v) is 11.6. The summed E-state index contributed by atoms with van der Waals surface area (Å²) >= 11 is 5.55. The van der Waals surface area contributed by atoms with Crippen molar-refractivity contribution < 1.29 is 8.78 Å². The highest BCUT2D eigenvalue weighted by Gasteiger charge is 2.30. The van der Waals surface area contributed by atoms with Gasteiger partial charge in [-0.1, -0.05) is 81.6 Å². The quantitative estimate of drug-likeness (QED) is 0.223. The molecule has 0 unspecified atom stereocenters. The minimum Gasteiger partial charge on any atom is -0.205 e. The molecule has 2 fully saturated rings. The zero-order valence-electron chi connectivity index (χ0n) is 17.5. The molecule has 4 heteroatoms. The van der Waals surface area contributed by atoms with E-state index in [4.69, 9.17) is 11.6 Å². The average molecular weight is 427 g/mol. The molecule has 0 radical (unpaired) electrons. The van der Waals surface area contributed by atoms with Crippen LogP contribution < -0.4 is 0 Å². The monoisotopic (exact) mass is 426 g/mol. The van der Waals surface area contributed by atoms with Crippen molar-refractivity contribution >= 4 is 20.4 Å². The highest BCUT2D eigenvalue weighted by atomic mass is 35.5. The molecule has 1 saturated carbocycles. The first-order valence-electron chi connectivity index (χ1n) is 11.7. The van der Waals surface area contributed by atoms with Crippen LogP contribution in [0.15, 0.2) is 12.1 Å². The summed E-state index contributed by atoms with van der Waals surface area (Å²) in [7, 11) is -0.340. The van der Waals surface area contributed by atoms with Crippen molar-refractivity contribution in [3.8, 4) is 0 Å². The lowest BCUT2D eigenvalue weighted by Gasteiger charge is -2.37. The molecule has 0 bridgehead atoms. The van der Waals surface area contributed by atoms with Crippen molar-refractivity contribution in [3.63, 3.8) is 0 Å². The second-order valence-corrected chi connectivity index (χ2v) is 13.3. The molecular formula is C24H37ClF2Si. The summed E-state index contributed by atoms with van der Waals surface area (Å²) in [5.41, 5.74) is 0.727. The van der Waals surface area contributed by atoms with Gasteiger partial charge in [0.15, 0.2) is 0 Å².